The highest BCUT2D eigenvalue weighted by molar-refractivity contribution is 9.09. The molecule has 33 heavy (non-hydrogen) atoms. The van der Waals surface area contributed by atoms with Crippen molar-refractivity contribution in [2.45, 2.75) is 12.8 Å². The first-order chi connectivity index (χ1) is 15.9. The third kappa shape index (κ3) is 5.88. The van der Waals surface area contributed by atoms with Crippen LogP contribution in [0, 0.1) is 0 Å². The number of ether oxygens (including phenoxy) is 3. The highest BCUT2D eigenvalue weighted by Gasteiger charge is 2.19. The zero-order valence-corrected chi connectivity index (χ0v) is 21.5. The number of amides is 1. The minimum Gasteiger partial charge on any atom is -0.493 e. The predicted molar refractivity (Wildman–Crippen MR) is 135 cm³/mol. The number of alkyl halides is 1. The number of methoxy groups -OCH3 is 3. The summed E-state index contributed by atoms with van der Waals surface area (Å²) in [5.74, 6) is 1.30. The normalized spacial score (nSPS) is 10.6. The second-order valence-corrected chi connectivity index (χ2v) is 8.91. The Morgan fingerprint density at radius 1 is 0.939 bits per heavy atom. The van der Waals surface area contributed by atoms with E-state index in [-0.39, 0.29) is 17.0 Å². The van der Waals surface area contributed by atoms with E-state index in [2.05, 4.69) is 21.2 Å². The van der Waals surface area contributed by atoms with Gasteiger partial charge in [-0.3, -0.25) is 9.59 Å². The second kappa shape index (κ2) is 11.5. The third-order valence-corrected chi connectivity index (χ3v) is 6.64. The van der Waals surface area contributed by atoms with E-state index in [0.717, 1.165) is 11.1 Å². The molecule has 3 rings (SSSR count). The van der Waals surface area contributed by atoms with E-state index in [9.17, 15) is 9.59 Å². The van der Waals surface area contributed by atoms with Crippen LogP contribution in [-0.4, -0.2) is 38.3 Å². The molecule has 1 N–H and O–H groups in total. The number of halogens is 2. The van der Waals surface area contributed by atoms with Crippen LogP contribution in [0.15, 0.2) is 41.8 Å². The van der Waals surface area contributed by atoms with Crippen LogP contribution in [0.3, 0.4) is 0 Å². The summed E-state index contributed by atoms with van der Waals surface area (Å²) in [4.78, 5) is 24.7. The van der Waals surface area contributed by atoms with Gasteiger partial charge in [-0.2, -0.15) is 0 Å². The number of anilines is 1. The van der Waals surface area contributed by atoms with Gasteiger partial charge in [0.1, 0.15) is 5.00 Å². The van der Waals surface area contributed by atoms with E-state index in [4.69, 9.17) is 25.8 Å². The summed E-state index contributed by atoms with van der Waals surface area (Å²) in [7, 11) is 4.74. The lowest BCUT2D eigenvalue weighted by molar-refractivity contribution is -0.113. The SMILES string of the molecule is COc1cc(CCc2ccc(C(=O)c3ccsc3NC(=O)CBr)c(Cl)c2)cc(OC)c1OC. The Morgan fingerprint density at radius 2 is 1.61 bits per heavy atom. The monoisotopic (exact) mass is 551 g/mol. The molecule has 0 aliphatic heterocycles. The van der Waals surface area contributed by atoms with Crippen LogP contribution in [0.1, 0.15) is 27.0 Å². The van der Waals surface area contributed by atoms with Crippen molar-refractivity contribution in [2.75, 3.05) is 32.0 Å². The van der Waals surface area contributed by atoms with Crippen molar-refractivity contribution < 1.29 is 23.8 Å². The quantitative estimate of drug-likeness (QED) is 0.255. The maximum absolute atomic E-state index is 13.0. The van der Waals surface area contributed by atoms with Gasteiger partial charge in [-0.1, -0.05) is 33.6 Å². The van der Waals surface area contributed by atoms with Gasteiger partial charge in [-0.25, -0.2) is 0 Å². The van der Waals surface area contributed by atoms with Crippen molar-refractivity contribution >= 4 is 55.6 Å². The van der Waals surface area contributed by atoms with Crippen LogP contribution >= 0.6 is 38.9 Å². The molecule has 6 nitrogen and oxygen atoms in total. The highest BCUT2D eigenvalue weighted by Crippen LogP contribution is 2.38. The Kier molecular flexibility index (Phi) is 8.77. The molecular formula is C24H23BrClNO5S. The molecule has 0 aliphatic rings. The number of hydrogen-bond donors (Lipinski definition) is 1. The number of nitrogens with one attached hydrogen (secondary N) is 1. The largest absolute Gasteiger partial charge is 0.493 e. The Labute approximate surface area is 209 Å². The molecule has 0 spiro atoms. The molecule has 1 aromatic heterocycles. The van der Waals surface area contributed by atoms with E-state index in [1.807, 2.05) is 18.2 Å². The standard InChI is InChI=1S/C24H23BrClNO5S/c1-30-19-11-15(12-20(31-2)23(19)32-3)5-4-14-6-7-16(18(26)10-14)22(29)17-8-9-33-24(17)27-21(28)13-25/h6-12H,4-5,13H2,1-3H3,(H,27,28). The van der Waals surface area contributed by atoms with Gasteiger partial charge in [0.15, 0.2) is 17.3 Å². The lowest BCUT2D eigenvalue weighted by Crippen LogP contribution is -2.14. The van der Waals surface area contributed by atoms with E-state index < -0.39 is 0 Å². The molecule has 0 fully saturated rings. The topological polar surface area (TPSA) is 73.9 Å². The molecule has 0 saturated heterocycles. The molecule has 9 heteroatoms. The van der Waals surface area contributed by atoms with Crippen molar-refractivity contribution in [3.63, 3.8) is 0 Å². The Bertz CT molecular complexity index is 1140. The number of thiophene rings is 1. The molecule has 1 amide bonds. The average molecular weight is 553 g/mol. The van der Waals surface area contributed by atoms with E-state index in [1.54, 1.807) is 44.9 Å². The maximum Gasteiger partial charge on any atom is 0.235 e. The van der Waals surface area contributed by atoms with Gasteiger partial charge in [-0.05, 0) is 59.7 Å². The van der Waals surface area contributed by atoms with Crippen LogP contribution in [0.25, 0.3) is 0 Å². The molecule has 3 aromatic rings. The van der Waals surface area contributed by atoms with E-state index in [1.165, 1.54) is 11.3 Å². The lowest BCUT2D eigenvalue weighted by atomic mass is 9.99. The predicted octanol–water partition coefficient (Wildman–Crippen LogP) is 5.78. The fourth-order valence-electron chi connectivity index (χ4n) is 3.36. The van der Waals surface area contributed by atoms with Crippen LogP contribution in [0.5, 0.6) is 17.2 Å². The summed E-state index contributed by atoms with van der Waals surface area (Å²) >= 11 is 10.9. The summed E-state index contributed by atoms with van der Waals surface area (Å²) in [5, 5.41) is 5.51. The van der Waals surface area contributed by atoms with Gasteiger partial charge < -0.3 is 19.5 Å². The Balaban J connectivity index is 1.76. The summed E-state index contributed by atoms with van der Waals surface area (Å²) in [5.41, 5.74) is 2.82. The minimum absolute atomic E-state index is 0.153. The summed E-state index contributed by atoms with van der Waals surface area (Å²) in [6.45, 7) is 0. The summed E-state index contributed by atoms with van der Waals surface area (Å²) < 4.78 is 16.2. The van der Waals surface area contributed by atoms with Crippen LogP contribution in [-0.2, 0) is 17.6 Å². The van der Waals surface area contributed by atoms with Crippen molar-refractivity contribution in [3.05, 3.63) is 69.1 Å². The number of rotatable bonds is 10. The molecule has 0 unspecified atom stereocenters. The van der Waals surface area contributed by atoms with Crippen molar-refractivity contribution in [2.24, 2.45) is 0 Å². The Morgan fingerprint density at radius 3 is 2.18 bits per heavy atom. The fourth-order valence-corrected chi connectivity index (χ4v) is 4.59. The lowest BCUT2D eigenvalue weighted by Gasteiger charge is -2.14. The van der Waals surface area contributed by atoms with Gasteiger partial charge in [0, 0.05) is 5.56 Å². The maximum atomic E-state index is 13.0. The van der Waals surface area contributed by atoms with Gasteiger partial charge in [-0.15, -0.1) is 11.3 Å². The third-order valence-electron chi connectivity index (χ3n) is 4.99. The zero-order chi connectivity index (χ0) is 24.0. The summed E-state index contributed by atoms with van der Waals surface area (Å²) in [6, 6.07) is 10.9. The van der Waals surface area contributed by atoms with Gasteiger partial charge >= 0.3 is 0 Å². The summed E-state index contributed by atoms with van der Waals surface area (Å²) in [6.07, 6.45) is 1.42. The molecule has 0 bridgehead atoms. The van der Waals surface area contributed by atoms with Gasteiger partial charge in [0.25, 0.3) is 0 Å². The Hall–Kier alpha value is -2.55. The zero-order valence-electron chi connectivity index (χ0n) is 18.4. The van der Waals surface area contributed by atoms with Crippen molar-refractivity contribution in [1.82, 2.24) is 0 Å². The fraction of sp³-hybridized carbons (Fsp3) is 0.250. The molecule has 0 radical (unpaired) electrons. The van der Waals surface area contributed by atoms with Gasteiger partial charge in [0.2, 0.25) is 11.7 Å². The number of ketones is 1. The van der Waals surface area contributed by atoms with Crippen LogP contribution in [0.2, 0.25) is 5.02 Å². The van der Waals surface area contributed by atoms with Crippen molar-refractivity contribution in [3.8, 4) is 17.2 Å². The minimum atomic E-state index is -0.234. The number of benzene rings is 2. The molecule has 0 saturated carbocycles. The molecule has 2 aromatic carbocycles. The first-order valence-electron chi connectivity index (χ1n) is 9.97. The number of carbonyl (C=O) groups excluding carboxylic acids is 2. The first-order valence-corrected chi connectivity index (χ1v) is 12.3. The number of hydrogen-bond acceptors (Lipinski definition) is 6. The van der Waals surface area contributed by atoms with Gasteiger partial charge in [0.05, 0.1) is 37.2 Å². The molecule has 0 atom stereocenters. The van der Waals surface area contributed by atoms with E-state index >= 15 is 0 Å². The van der Waals surface area contributed by atoms with Crippen LogP contribution < -0.4 is 19.5 Å². The molecule has 1 heterocycles. The molecule has 0 aliphatic carbocycles. The highest BCUT2D eigenvalue weighted by atomic mass is 79.9. The second-order valence-electron chi connectivity index (χ2n) is 7.02. The smallest absolute Gasteiger partial charge is 0.235 e. The molecule has 174 valence electrons. The van der Waals surface area contributed by atoms with Crippen LogP contribution in [0.4, 0.5) is 5.00 Å². The first kappa shape index (κ1) is 25.1. The average Bonchev–Trinajstić information content (AvgIpc) is 3.29. The molecular weight excluding hydrogens is 530 g/mol. The van der Waals surface area contributed by atoms with Crippen molar-refractivity contribution in [1.29, 1.82) is 0 Å². The number of aryl methyl sites for hydroxylation is 2. The van der Waals surface area contributed by atoms with E-state index in [0.29, 0.717) is 51.2 Å². The number of carbonyl (C=O) groups is 2.